The van der Waals surface area contributed by atoms with Gasteiger partial charge in [0.15, 0.2) is 0 Å². The Hall–Kier alpha value is -1.08. The van der Waals surface area contributed by atoms with Crippen LogP contribution < -0.4 is 0 Å². The quantitative estimate of drug-likeness (QED) is 0.692. The SMILES string of the molecule is CCCN1CCCN(C)C(=O)C1CC#N. The zero-order valence-electron chi connectivity index (χ0n) is 9.57. The molecule has 0 spiro atoms. The van der Waals surface area contributed by atoms with Crippen LogP contribution in [0.2, 0.25) is 0 Å². The van der Waals surface area contributed by atoms with Crippen LogP contribution in [-0.2, 0) is 4.79 Å². The van der Waals surface area contributed by atoms with Crippen molar-refractivity contribution in [3.05, 3.63) is 0 Å². The Kier molecular flexibility index (Phi) is 4.57. The molecule has 1 aliphatic heterocycles. The molecule has 0 bridgehead atoms. The summed E-state index contributed by atoms with van der Waals surface area (Å²) < 4.78 is 0. The summed E-state index contributed by atoms with van der Waals surface area (Å²) in [6, 6.07) is 1.90. The molecule has 0 saturated carbocycles. The standard InChI is InChI=1S/C11H19N3O/c1-3-7-14-9-4-8-13(2)11(15)10(14)5-6-12/h10H,3-5,7-9H2,1-2H3. The van der Waals surface area contributed by atoms with Crippen LogP contribution in [0.15, 0.2) is 0 Å². The van der Waals surface area contributed by atoms with Crippen molar-refractivity contribution in [2.45, 2.75) is 32.2 Å². The number of carbonyl (C=O) groups is 1. The Morgan fingerprint density at radius 2 is 2.27 bits per heavy atom. The van der Waals surface area contributed by atoms with Crippen molar-refractivity contribution in [1.82, 2.24) is 9.80 Å². The van der Waals surface area contributed by atoms with E-state index in [0.29, 0.717) is 6.42 Å². The molecule has 1 amide bonds. The second-order valence-corrected chi connectivity index (χ2v) is 4.03. The zero-order chi connectivity index (χ0) is 11.3. The van der Waals surface area contributed by atoms with Gasteiger partial charge in [0.1, 0.15) is 6.04 Å². The van der Waals surface area contributed by atoms with Gasteiger partial charge in [-0.25, -0.2) is 0 Å². The van der Waals surface area contributed by atoms with Crippen molar-refractivity contribution in [3.8, 4) is 6.07 Å². The number of nitrogens with zero attached hydrogens (tertiary/aromatic N) is 3. The lowest BCUT2D eigenvalue weighted by atomic mass is 10.1. The van der Waals surface area contributed by atoms with E-state index in [2.05, 4.69) is 17.9 Å². The molecule has 1 atom stereocenters. The largest absolute Gasteiger partial charge is 0.344 e. The van der Waals surface area contributed by atoms with Gasteiger partial charge in [-0.05, 0) is 19.4 Å². The first-order chi connectivity index (χ1) is 7.20. The average Bonchev–Trinajstić information content (AvgIpc) is 2.34. The highest BCUT2D eigenvalue weighted by Crippen LogP contribution is 2.13. The van der Waals surface area contributed by atoms with Gasteiger partial charge in [-0.15, -0.1) is 0 Å². The van der Waals surface area contributed by atoms with Crippen LogP contribution in [0.3, 0.4) is 0 Å². The first-order valence-corrected chi connectivity index (χ1v) is 5.56. The summed E-state index contributed by atoms with van der Waals surface area (Å²) in [6.07, 6.45) is 2.34. The molecule has 1 aliphatic rings. The molecular weight excluding hydrogens is 190 g/mol. The van der Waals surface area contributed by atoms with Crippen LogP contribution in [0, 0.1) is 11.3 Å². The maximum absolute atomic E-state index is 12.0. The number of nitriles is 1. The second kappa shape index (κ2) is 5.72. The maximum atomic E-state index is 12.0. The molecule has 0 aliphatic carbocycles. The van der Waals surface area contributed by atoms with Crippen molar-refractivity contribution < 1.29 is 4.79 Å². The minimum Gasteiger partial charge on any atom is -0.344 e. The lowest BCUT2D eigenvalue weighted by Crippen LogP contribution is -2.44. The number of amides is 1. The lowest BCUT2D eigenvalue weighted by molar-refractivity contribution is -0.134. The highest BCUT2D eigenvalue weighted by atomic mass is 16.2. The molecule has 1 heterocycles. The minimum atomic E-state index is -0.220. The molecule has 1 rings (SSSR count). The zero-order valence-corrected chi connectivity index (χ0v) is 9.57. The first-order valence-electron chi connectivity index (χ1n) is 5.56. The summed E-state index contributed by atoms with van der Waals surface area (Å²) in [5, 5.41) is 8.75. The highest BCUT2D eigenvalue weighted by molar-refractivity contribution is 5.82. The summed E-state index contributed by atoms with van der Waals surface area (Å²) in [7, 11) is 1.82. The predicted octanol–water partition coefficient (Wildman–Crippen LogP) is 0.843. The molecule has 4 heteroatoms. The van der Waals surface area contributed by atoms with E-state index in [9.17, 15) is 4.79 Å². The highest BCUT2D eigenvalue weighted by Gasteiger charge is 2.29. The summed E-state index contributed by atoms with van der Waals surface area (Å²) in [4.78, 5) is 15.8. The third-order valence-corrected chi connectivity index (χ3v) is 2.84. The molecule has 0 aromatic carbocycles. The number of likely N-dealkylation sites (N-methyl/N-ethyl adjacent to an activating group) is 1. The maximum Gasteiger partial charge on any atom is 0.240 e. The molecule has 0 radical (unpaired) electrons. The van der Waals surface area contributed by atoms with E-state index in [1.165, 1.54) is 0 Å². The Labute approximate surface area is 91.5 Å². The fourth-order valence-corrected chi connectivity index (χ4v) is 2.05. The second-order valence-electron chi connectivity index (χ2n) is 4.03. The molecule has 1 saturated heterocycles. The van der Waals surface area contributed by atoms with Gasteiger partial charge in [0.25, 0.3) is 0 Å². The van der Waals surface area contributed by atoms with Gasteiger partial charge < -0.3 is 4.90 Å². The van der Waals surface area contributed by atoms with Crippen LogP contribution in [0.25, 0.3) is 0 Å². The van der Waals surface area contributed by atoms with Crippen molar-refractivity contribution in [1.29, 1.82) is 5.26 Å². The molecular formula is C11H19N3O. The van der Waals surface area contributed by atoms with Gasteiger partial charge in [0.05, 0.1) is 12.5 Å². The van der Waals surface area contributed by atoms with Gasteiger partial charge in [0, 0.05) is 20.1 Å². The number of hydrogen-bond donors (Lipinski definition) is 0. The van der Waals surface area contributed by atoms with Crippen molar-refractivity contribution in [3.63, 3.8) is 0 Å². The van der Waals surface area contributed by atoms with E-state index in [1.807, 2.05) is 7.05 Å². The normalized spacial score (nSPS) is 23.7. The topological polar surface area (TPSA) is 47.3 Å². The minimum absolute atomic E-state index is 0.0995. The molecule has 0 aromatic heterocycles. The van der Waals surface area contributed by atoms with Crippen molar-refractivity contribution in [2.75, 3.05) is 26.7 Å². The van der Waals surface area contributed by atoms with E-state index in [1.54, 1.807) is 4.90 Å². The molecule has 4 nitrogen and oxygen atoms in total. The Morgan fingerprint density at radius 3 is 2.87 bits per heavy atom. The van der Waals surface area contributed by atoms with Gasteiger partial charge in [-0.1, -0.05) is 6.92 Å². The first kappa shape index (κ1) is 12.0. The fraction of sp³-hybridized carbons (Fsp3) is 0.818. The Morgan fingerprint density at radius 1 is 1.53 bits per heavy atom. The van der Waals surface area contributed by atoms with Crippen LogP contribution in [0.4, 0.5) is 0 Å². The van der Waals surface area contributed by atoms with E-state index >= 15 is 0 Å². The van der Waals surface area contributed by atoms with Crippen LogP contribution >= 0.6 is 0 Å². The van der Waals surface area contributed by atoms with Gasteiger partial charge >= 0.3 is 0 Å². The molecule has 15 heavy (non-hydrogen) atoms. The van der Waals surface area contributed by atoms with Crippen LogP contribution in [0.1, 0.15) is 26.2 Å². The monoisotopic (exact) mass is 209 g/mol. The Bertz CT molecular complexity index is 259. The fourth-order valence-electron chi connectivity index (χ4n) is 2.05. The number of rotatable bonds is 3. The summed E-state index contributed by atoms with van der Waals surface area (Å²) in [6.45, 7) is 4.74. The Balaban J connectivity index is 2.76. The van der Waals surface area contributed by atoms with Crippen molar-refractivity contribution in [2.24, 2.45) is 0 Å². The predicted molar refractivity (Wildman–Crippen MR) is 58.1 cm³/mol. The molecule has 0 N–H and O–H groups in total. The summed E-state index contributed by atoms with van der Waals surface area (Å²) in [5.74, 6) is 0.0995. The molecule has 0 aromatic rings. The van der Waals surface area contributed by atoms with Gasteiger partial charge in [0.2, 0.25) is 5.91 Å². The molecule has 1 fully saturated rings. The number of carbonyl (C=O) groups excluding carboxylic acids is 1. The van der Waals surface area contributed by atoms with Crippen LogP contribution in [0.5, 0.6) is 0 Å². The van der Waals surface area contributed by atoms with Gasteiger partial charge in [-0.2, -0.15) is 5.26 Å². The van der Waals surface area contributed by atoms with E-state index in [4.69, 9.17) is 5.26 Å². The average molecular weight is 209 g/mol. The lowest BCUT2D eigenvalue weighted by Gasteiger charge is -2.27. The van der Waals surface area contributed by atoms with Crippen molar-refractivity contribution >= 4 is 5.91 Å². The summed E-state index contributed by atoms with van der Waals surface area (Å²) >= 11 is 0. The smallest absolute Gasteiger partial charge is 0.240 e. The number of hydrogen-bond acceptors (Lipinski definition) is 3. The summed E-state index contributed by atoms with van der Waals surface area (Å²) in [5.41, 5.74) is 0. The molecule has 1 unspecified atom stereocenters. The van der Waals surface area contributed by atoms with E-state index in [0.717, 1.165) is 32.5 Å². The van der Waals surface area contributed by atoms with Gasteiger partial charge in [-0.3, -0.25) is 9.69 Å². The molecule has 84 valence electrons. The third kappa shape index (κ3) is 2.93. The van der Waals surface area contributed by atoms with E-state index in [-0.39, 0.29) is 11.9 Å². The third-order valence-electron chi connectivity index (χ3n) is 2.84. The van der Waals surface area contributed by atoms with E-state index < -0.39 is 0 Å². The van der Waals surface area contributed by atoms with Crippen LogP contribution in [-0.4, -0.2) is 48.4 Å².